The molecule has 2 unspecified atom stereocenters. The van der Waals surface area contributed by atoms with Gasteiger partial charge in [-0.3, -0.25) is 0 Å². The van der Waals surface area contributed by atoms with Gasteiger partial charge in [0.25, 0.3) is 0 Å². The Kier molecular flexibility index (Phi) is 3.27. The maximum atomic E-state index is 6.27. The summed E-state index contributed by atoms with van der Waals surface area (Å²) in [4.78, 5) is 4.66. The zero-order chi connectivity index (χ0) is 12.5. The predicted molar refractivity (Wildman–Crippen MR) is 73.1 cm³/mol. The lowest BCUT2D eigenvalue weighted by molar-refractivity contribution is 0.0595. The van der Waals surface area contributed by atoms with E-state index in [-0.39, 0.29) is 5.38 Å². The molecule has 1 aliphatic rings. The van der Waals surface area contributed by atoms with E-state index in [1.54, 1.807) is 0 Å². The van der Waals surface area contributed by atoms with Crippen molar-refractivity contribution in [3.05, 3.63) is 30.1 Å². The van der Waals surface area contributed by atoms with Gasteiger partial charge in [0, 0.05) is 6.61 Å². The van der Waals surface area contributed by atoms with Crippen molar-refractivity contribution in [2.75, 3.05) is 13.2 Å². The SMILES string of the molecule is CC(Cl)c1nc2ccccc2n1C1CCCOC1. The van der Waals surface area contributed by atoms with Crippen LogP contribution < -0.4 is 0 Å². The Morgan fingerprint density at radius 3 is 3.00 bits per heavy atom. The van der Waals surface area contributed by atoms with Gasteiger partial charge in [0.2, 0.25) is 0 Å². The number of hydrogen-bond acceptors (Lipinski definition) is 2. The average molecular weight is 265 g/mol. The van der Waals surface area contributed by atoms with Crippen molar-refractivity contribution in [3.8, 4) is 0 Å². The first-order chi connectivity index (χ1) is 8.77. The minimum atomic E-state index is -0.0840. The van der Waals surface area contributed by atoms with E-state index in [0.29, 0.717) is 6.04 Å². The fraction of sp³-hybridized carbons (Fsp3) is 0.500. The molecule has 2 heterocycles. The Labute approximate surface area is 112 Å². The summed E-state index contributed by atoms with van der Waals surface area (Å²) in [7, 11) is 0. The third-order valence-corrected chi connectivity index (χ3v) is 3.68. The van der Waals surface area contributed by atoms with E-state index >= 15 is 0 Å². The molecule has 1 fully saturated rings. The number of alkyl halides is 1. The van der Waals surface area contributed by atoms with Gasteiger partial charge in [-0.15, -0.1) is 11.6 Å². The fourth-order valence-electron chi connectivity index (χ4n) is 2.65. The summed E-state index contributed by atoms with van der Waals surface area (Å²) in [5, 5.41) is -0.0840. The van der Waals surface area contributed by atoms with E-state index in [4.69, 9.17) is 16.3 Å². The first kappa shape index (κ1) is 12.0. The maximum absolute atomic E-state index is 6.27. The highest BCUT2D eigenvalue weighted by molar-refractivity contribution is 6.20. The molecular weight excluding hydrogens is 248 g/mol. The van der Waals surface area contributed by atoms with Crippen LogP contribution in [0.4, 0.5) is 0 Å². The molecule has 1 saturated heterocycles. The fourth-order valence-corrected chi connectivity index (χ4v) is 2.81. The van der Waals surface area contributed by atoms with Gasteiger partial charge in [-0.25, -0.2) is 4.98 Å². The highest BCUT2D eigenvalue weighted by atomic mass is 35.5. The summed E-state index contributed by atoms with van der Waals surface area (Å²) in [5.41, 5.74) is 2.18. The second-order valence-corrected chi connectivity index (χ2v) is 5.47. The van der Waals surface area contributed by atoms with Crippen LogP contribution in [0.3, 0.4) is 0 Å². The van der Waals surface area contributed by atoms with Gasteiger partial charge in [-0.2, -0.15) is 0 Å². The molecule has 0 amide bonds. The van der Waals surface area contributed by atoms with Crippen molar-refractivity contribution in [2.24, 2.45) is 0 Å². The number of rotatable bonds is 2. The van der Waals surface area contributed by atoms with Gasteiger partial charge >= 0.3 is 0 Å². The summed E-state index contributed by atoms with van der Waals surface area (Å²) in [5.74, 6) is 0.952. The monoisotopic (exact) mass is 264 g/mol. The first-order valence-electron chi connectivity index (χ1n) is 6.46. The van der Waals surface area contributed by atoms with E-state index in [2.05, 4.69) is 15.6 Å². The molecule has 0 bridgehead atoms. The number of para-hydroxylation sites is 2. The zero-order valence-corrected chi connectivity index (χ0v) is 11.2. The van der Waals surface area contributed by atoms with Crippen molar-refractivity contribution in [2.45, 2.75) is 31.2 Å². The van der Waals surface area contributed by atoms with Gasteiger partial charge in [-0.1, -0.05) is 12.1 Å². The molecule has 0 N–H and O–H groups in total. The lowest BCUT2D eigenvalue weighted by Gasteiger charge is -2.26. The van der Waals surface area contributed by atoms with Gasteiger partial charge in [0.15, 0.2) is 0 Å². The largest absolute Gasteiger partial charge is 0.379 e. The number of ether oxygens (including phenoxy) is 1. The van der Waals surface area contributed by atoms with Crippen LogP contribution in [0.25, 0.3) is 11.0 Å². The van der Waals surface area contributed by atoms with Crippen molar-refractivity contribution >= 4 is 22.6 Å². The lowest BCUT2D eigenvalue weighted by atomic mass is 10.1. The molecule has 4 heteroatoms. The molecule has 0 aliphatic carbocycles. The Morgan fingerprint density at radius 1 is 1.44 bits per heavy atom. The Hall–Kier alpha value is -1.06. The van der Waals surface area contributed by atoms with Crippen LogP contribution in [0.1, 0.15) is 37.0 Å². The van der Waals surface area contributed by atoms with Gasteiger partial charge in [-0.05, 0) is 31.9 Å². The van der Waals surface area contributed by atoms with E-state index in [0.717, 1.165) is 42.9 Å². The molecule has 96 valence electrons. The lowest BCUT2D eigenvalue weighted by Crippen LogP contribution is -2.23. The maximum Gasteiger partial charge on any atom is 0.128 e. The highest BCUT2D eigenvalue weighted by Crippen LogP contribution is 2.31. The minimum absolute atomic E-state index is 0.0840. The van der Waals surface area contributed by atoms with Crippen LogP contribution in [0, 0.1) is 0 Å². The van der Waals surface area contributed by atoms with Gasteiger partial charge in [0.1, 0.15) is 5.82 Å². The summed E-state index contributed by atoms with van der Waals surface area (Å²) in [6.45, 7) is 3.61. The standard InChI is InChI=1S/C14H17ClN2O/c1-10(15)14-16-12-6-2-3-7-13(12)17(14)11-5-4-8-18-9-11/h2-3,6-7,10-11H,4-5,8-9H2,1H3. The molecule has 0 radical (unpaired) electrons. The van der Waals surface area contributed by atoms with Gasteiger partial charge < -0.3 is 9.30 Å². The molecule has 1 aliphatic heterocycles. The number of imidazole rings is 1. The van der Waals surface area contributed by atoms with Crippen LogP contribution >= 0.6 is 11.6 Å². The van der Waals surface area contributed by atoms with Crippen LogP contribution in [0.2, 0.25) is 0 Å². The van der Waals surface area contributed by atoms with Crippen LogP contribution in [-0.4, -0.2) is 22.8 Å². The number of fused-ring (bicyclic) bond motifs is 1. The number of halogens is 1. The number of aromatic nitrogens is 2. The molecule has 1 aromatic carbocycles. The predicted octanol–water partition coefficient (Wildman–Crippen LogP) is 3.69. The topological polar surface area (TPSA) is 27.1 Å². The molecule has 1 aromatic heterocycles. The van der Waals surface area contributed by atoms with Gasteiger partial charge in [0.05, 0.1) is 29.1 Å². The molecule has 2 aromatic rings. The average Bonchev–Trinajstić information content (AvgIpc) is 2.79. The van der Waals surface area contributed by atoms with Crippen LogP contribution in [0.5, 0.6) is 0 Å². The number of benzene rings is 1. The second kappa shape index (κ2) is 4.90. The quantitative estimate of drug-likeness (QED) is 0.774. The summed E-state index contributed by atoms with van der Waals surface area (Å²) in [6.07, 6.45) is 2.24. The van der Waals surface area contributed by atoms with E-state index < -0.39 is 0 Å². The molecule has 3 nitrogen and oxygen atoms in total. The van der Waals surface area contributed by atoms with E-state index in [9.17, 15) is 0 Å². The van der Waals surface area contributed by atoms with Crippen molar-refractivity contribution in [3.63, 3.8) is 0 Å². The molecule has 2 atom stereocenters. The smallest absolute Gasteiger partial charge is 0.128 e. The zero-order valence-electron chi connectivity index (χ0n) is 10.5. The molecule has 0 saturated carbocycles. The minimum Gasteiger partial charge on any atom is -0.379 e. The van der Waals surface area contributed by atoms with Crippen LogP contribution in [0.15, 0.2) is 24.3 Å². The normalized spacial score (nSPS) is 22.2. The molecule has 0 spiro atoms. The third-order valence-electron chi connectivity index (χ3n) is 3.48. The third kappa shape index (κ3) is 2.02. The van der Waals surface area contributed by atoms with E-state index in [1.807, 2.05) is 25.1 Å². The number of hydrogen-bond donors (Lipinski definition) is 0. The van der Waals surface area contributed by atoms with E-state index in [1.165, 1.54) is 0 Å². The Balaban J connectivity index is 2.14. The number of nitrogens with zero attached hydrogens (tertiary/aromatic N) is 2. The molecule has 3 rings (SSSR count). The highest BCUT2D eigenvalue weighted by Gasteiger charge is 2.23. The van der Waals surface area contributed by atoms with Crippen molar-refractivity contribution < 1.29 is 4.74 Å². The molecular formula is C14H17ClN2O. The van der Waals surface area contributed by atoms with Crippen molar-refractivity contribution in [1.29, 1.82) is 0 Å². The Bertz CT molecular complexity index is 544. The summed E-state index contributed by atoms with van der Waals surface area (Å²) >= 11 is 6.27. The second-order valence-electron chi connectivity index (χ2n) is 4.82. The molecule has 18 heavy (non-hydrogen) atoms. The first-order valence-corrected chi connectivity index (χ1v) is 6.89. The Morgan fingerprint density at radius 2 is 2.28 bits per heavy atom. The van der Waals surface area contributed by atoms with Crippen molar-refractivity contribution in [1.82, 2.24) is 9.55 Å². The van der Waals surface area contributed by atoms with Crippen LogP contribution in [-0.2, 0) is 4.74 Å². The summed E-state index contributed by atoms with van der Waals surface area (Å²) in [6, 6.07) is 8.58. The summed E-state index contributed by atoms with van der Waals surface area (Å²) < 4.78 is 7.87.